The Kier molecular flexibility index (Phi) is 6.49. The highest BCUT2D eigenvalue weighted by Gasteiger charge is 2.37. The molecule has 2 aliphatic rings. The number of aryl methyl sites for hydroxylation is 2. The van der Waals surface area contributed by atoms with Crippen LogP contribution in [0.1, 0.15) is 54.0 Å². The molecule has 5 nitrogen and oxygen atoms in total. The Labute approximate surface area is 186 Å². The van der Waals surface area contributed by atoms with Gasteiger partial charge in [-0.3, -0.25) is 4.79 Å². The van der Waals surface area contributed by atoms with E-state index in [0.717, 1.165) is 24.9 Å². The minimum absolute atomic E-state index is 0.0212. The maximum atomic E-state index is 13.4. The van der Waals surface area contributed by atoms with E-state index in [2.05, 4.69) is 32.0 Å². The molecule has 0 spiro atoms. The number of nitrogens with zero attached hydrogens (tertiary/aromatic N) is 2. The Balaban J connectivity index is 1.39. The van der Waals surface area contributed by atoms with Crippen LogP contribution in [-0.2, 0) is 20.6 Å². The van der Waals surface area contributed by atoms with E-state index in [1.165, 1.54) is 16.7 Å². The Hall–Kier alpha value is -2.18. The highest BCUT2D eigenvalue weighted by atomic mass is 32.2. The molecule has 4 rings (SSSR count). The fourth-order valence-electron chi connectivity index (χ4n) is 5.07. The van der Waals surface area contributed by atoms with Crippen molar-refractivity contribution in [3.8, 4) is 0 Å². The third-order valence-corrected chi connectivity index (χ3v) is 8.40. The number of sulfonamides is 1. The summed E-state index contributed by atoms with van der Waals surface area (Å²) in [5, 5.41) is 0. The van der Waals surface area contributed by atoms with Gasteiger partial charge in [0.15, 0.2) is 0 Å². The molecule has 2 heterocycles. The number of hydrogen-bond acceptors (Lipinski definition) is 3. The Morgan fingerprint density at radius 1 is 0.935 bits per heavy atom. The molecule has 1 atom stereocenters. The van der Waals surface area contributed by atoms with Gasteiger partial charge in [-0.25, -0.2) is 12.7 Å². The molecular weight excluding hydrogens is 408 g/mol. The van der Waals surface area contributed by atoms with Crippen molar-refractivity contribution in [2.75, 3.05) is 19.6 Å². The lowest BCUT2D eigenvalue weighted by Gasteiger charge is -2.34. The lowest BCUT2D eigenvalue weighted by atomic mass is 9.94. The van der Waals surface area contributed by atoms with E-state index in [1.807, 2.05) is 35.2 Å². The average Bonchev–Trinajstić information content (AvgIpc) is 3.23. The summed E-state index contributed by atoms with van der Waals surface area (Å²) in [6.45, 7) is 5.84. The zero-order valence-electron chi connectivity index (χ0n) is 18.5. The summed E-state index contributed by atoms with van der Waals surface area (Å²) in [6.07, 6.45) is 3.22. The number of carbonyl (C=O) groups is 1. The van der Waals surface area contributed by atoms with Gasteiger partial charge in [-0.2, -0.15) is 0 Å². The van der Waals surface area contributed by atoms with Gasteiger partial charge in [0.05, 0.1) is 11.8 Å². The Morgan fingerprint density at radius 3 is 2.23 bits per heavy atom. The first kappa shape index (κ1) is 22.0. The van der Waals surface area contributed by atoms with E-state index in [4.69, 9.17) is 0 Å². The molecule has 0 bridgehead atoms. The SMILES string of the molecule is Cc1cc(C)cc(C2CCCN2C(=O)C2CCN(S(=O)(=O)Cc3ccccc3)CC2)c1. The zero-order chi connectivity index (χ0) is 22.0. The molecule has 6 heteroatoms. The maximum absolute atomic E-state index is 13.4. The Bertz CT molecular complexity index is 1010. The van der Waals surface area contributed by atoms with Crippen LogP contribution in [0, 0.1) is 19.8 Å². The van der Waals surface area contributed by atoms with Crippen molar-refractivity contribution in [1.82, 2.24) is 9.21 Å². The standard InChI is InChI=1S/C25H32N2O3S/c1-19-15-20(2)17-23(16-19)24-9-6-12-27(24)25(28)22-10-13-26(14-11-22)31(29,30)18-21-7-4-3-5-8-21/h3-5,7-8,15-17,22,24H,6,9-14,18H2,1-2H3. The highest BCUT2D eigenvalue weighted by molar-refractivity contribution is 7.88. The topological polar surface area (TPSA) is 57.7 Å². The molecular formula is C25H32N2O3S. The smallest absolute Gasteiger partial charge is 0.226 e. The monoisotopic (exact) mass is 440 g/mol. The van der Waals surface area contributed by atoms with Crippen molar-refractivity contribution in [3.63, 3.8) is 0 Å². The molecule has 0 radical (unpaired) electrons. The van der Waals surface area contributed by atoms with Crippen LogP contribution in [0.5, 0.6) is 0 Å². The molecule has 1 unspecified atom stereocenters. The van der Waals surface area contributed by atoms with Crippen molar-refractivity contribution >= 4 is 15.9 Å². The van der Waals surface area contributed by atoms with Crippen LogP contribution < -0.4 is 0 Å². The van der Waals surface area contributed by atoms with Gasteiger partial charge in [0.2, 0.25) is 15.9 Å². The predicted molar refractivity (Wildman–Crippen MR) is 123 cm³/mol. The van der Waals surface area contributed by atoms with Crippen molar-refractivity contribution in [2.24, 2.45) is 5.92 Å². The van der Waals surface area contributed by atoms with Gasteiger partial charge in [-0.15, -0.1) is 0 Å². The molecule has 0 aliphatic carbocycles. The van der Waals surface area contributed by atoms with Crippen molar-refractivity contribution in [3.05, 3.63) is 70.8 Å². The van der Waals surface area contributed by atoms with Crippen molar-refractivity contribution in [1.29, 1.82) is 0 Å². The van der Waals surface area contributed by atoms with E-state index in [9.17, 15) is 13.2 Å². The number of hydrogen-bond donors (Lipinski definition) is 0. The second-order valence-corrected chi connectivity index (χ2v) is 11.0. The van der Waals surface area contributed by atoms with Crippen LogP contribution in [0.3, 0.4) is 0 Å². The van der Waals surface area contributed by atoms with E-state index < -0.39 is 10.0 Å². The first-order valence-corrected chi connectivity index (χ1v) is 12.8. The molecule has 2 fully saturated rings. The number of piperidine rings is 1. The van der Waals surface area contributed by atoms with E-state index in [0.29, 0.717) is 25.9 Å². The fraction of sp³-hybridized carbons (Fsp3) is 0.480. The molecule has 2 saturated heterocycles. The highest BCUT2D eigenvalue weighted by Crippen LogP contribution is 2.35. The lowest BCUT2D eigenvalue weighted by molar-refractivity contribution is -0.137. The largest absolute Gasteiger partial charge is 0.335 e. The molecule has 0 aromatic heterocycles. The number of likely N-dealkylation sites (tertiary alicyclic amines) is 1. The fourth-order valence-corrected chi connectivity index (χ4v) is 6.63. The number of benzene rings is 2. The van der Waals surface area contributed by atoms with Crippen LogP contribution in [0.15, 0.2) is 48.5 Å². The van der Waals surface area contributed by atoms with E-state index >= 15 is 0 Å². The predicted octanol–water partition coefficient (Wildman–Crippen LogP) is 4.21. The van der Waals surface area contributed by atoms with E-state index in [1.54, 1.807) is 4.31 Å². The maximum Gasteiger partial charge on any atom is 0.226 e. The molecule has 2 aromatic carbocycles. The van der Waals surface area contributed by atoms with Gasteiger partial charge in [0, 0.05) is 25.6 Å². The van der Waals surface area contributed by atoms with Crippen molar-refractivity contribution < 1.29 is 13.2 Å². The minimum atomic E-state index is -3.36. The first-order chi connectivity index (χ1) is 14.8. The summed E-state index contributed by atoms with van der Waals surface area (Å²) >= 11 is 0. The van der Waals surface area contributed by atoms with Gasteiger partial charge in [-0.1, -0.05) is 59.7 Å². The molecule has 0 saturated carbocycles. The lowest BCUT2D eigenvalue weighted by Crippen LogP contribution is -2.44. The second-order valence-electron chi connectivity index (χ2n) is 9.03. The minimum Gasteiger partial charge on any atom is -0.335 e. The van der Waals surface area contributed by atoms with Gasteiger partial charge >= 0.3 is 0 Å². The molecule has 0 N–H and O–H groups in total. The quantitative estimate of drug-likeness (QED) is 0.700. The molecule has 31 heavy (non-hydrogen) atoms. The summed E-state index contributed by atoms with van der Waals surface area (Å²) in [4.78, 5) is 15.4. The molecule has 2 aliphatic heterocycles. The normalized spacial score (nSPS) is 20.8. The van der Waals surface area contributed by atoms with Crippen molar-refractivity contribution in [2.45, 2.75) is 51.3 Å². The van der Waals surface area contributed by atoms with Gasteiger partial charge < -0.3 is 4.90 Å². The third kappa shape index (κ3) is 5.01. The van der Waals surface area contributed by atoms with E-state index in [-0.39, 0.29) is 23.6 Å². The van der Waals surface area contributed by atoms with Crippen LogP contribution in [-0.4, -0.2) is 43.2 Å². The van der Waals surface area contributed by atoms with Crippen LogP contribution >= 0.6 is 0 Å². The first-order valence-electron chi connectivity index (χ1n) is 11.2. The summed E-state index contributed by atoms with van der Waals surface area (Å²) < 4.78 is 27.2. The molecule has 166 valence electrons. The third-order valence-electron chi connectivity index (χ3n) is 6.55. The van der Waals surface area contributed by atoms with Crippen LogP contribution in [0.25, 0.3) is 0 Å². The van der Waals surface area contributed by atoms with Gasteiger partial charge in [0.1, 0.15) is 0 Å². The number of rotatable bonds is 5. The van der Waals surface area contributed by atoms with Crippen LogP contribution in [0.4, 0.5) is 0 Å². The molecule has 2 aromatic rings. The van der Waals surface area contributed by atoms with Gasteiger partial charge in [-0.05, 0) is 50.7 Å². The second kappa shape index (κ2) is 9.13. The summed E-state index contributed by atoms with van der Waals surface area (Å²) in [5.41, 5.74) is 4.48. The Morgan fingerprint density at radius 2 is 1.58 bits per heavy atom. The van der Waals surface area contributed by atoms with Gasteiger partial charge in [0.25, 0.3) is 0 Å². The number of carbonyl (C=O) groups excluding carboxylic acids is 1. The summed E-state index contributed by atoms with van der Waals surface area (Å²) in [7, 11) is -3.36. The number of amides is 1. The summed E-state index contributed by atoms with van der Waals surface area (Å²) in [6, 6.07) is 16.0. The zero-order valence-corrected chi connectivity index (χ0v) is 19.3. The van der Waals surface area contributed by atoms with Crippen LogP contribution in [0.2, 0.25) is 0 Å². The summed E-state index contributed by atoms with van der Waals surface area (Å²) in [5.74, 6) is 0.129. The molecule has 1 amide bonds. The average molecular weight is 441 g/mol.